The first kappa shape index (κ1) is 62.3. The number of likely N-dealkylation sites (tertiary alicyclic amines) is 1. The molecule has 2 aromatic carbocycles. The first-order chi connectivity index (χ1) is 39.7. The summed E-state index contributed by atoms with van der Waals surface area (Å²) in [5, 5.41) is 12.8. The van der Waals surface area contributed by atoms with Crippen LogP contribution >= 0.6 is 12.4 Å². The van der Waals surface area contributed by atoms with E-state index < -0.39 is 29.4 Å². The van der Waals surface area contributed by atoms with Crippen LogP contribution in [0.1, 0.15) is 87.6 Å². The molecule has 0 aliphatic carbocycles. The van der Waals surface area contributed by atoms with Gasteiger partial charge in [0.05, 0.1) is 65.1 Å². The third-order valence-corrected chi connectivity index (χ3v) is 14.2. The maximum Gasteiger partial charge on any atom is 0.420 e. The summed E-state index contributed by atoms with van der Waals surface area (Å²) >= 11 is 0. The van der Waals surface area contributed by atoms with Crippen molar-refractivity contribution >= 4 is 81.6 Å². The number of aromatic carboxylic acids is 1. The zero-order valence-corrected chi connectivity index (χ0v) is 45.2. The molecule has 4 aliphatic rings. The van der Waals surface area contributed by atoms with Gasteiger partial charge < -0.3 is 45.1 Å². The maximum atomic E-state index is 14.0. The molecule has 0 spiro atoms. The molecule has 12 rings (SSSR count). The lowest BCUT2D eigenvalue weighted by Gasteiger charge is -2.26. The number of ether oxygens (including phenoxy) is 2. The van der Waals surface area contributed by atoms with Gasteiger partial charge in [-0.1, -0.05) is 7.43 Å². The highest BCUT2D eigenvalue weighted by molar-refractivity contribution is 5.96. The zero-order valence-electron chi connectivity index (χ0n) is 44.4. The maximum absolute atomic E-state index is 14.0. The minimum atomic E-state index is -4.70. The molecule has 24 heteroatoms. The molecule has 8 aromatic rings. The van der Waals surface area contributed by atoms with E-state index in [9.17, 15) is 45.5 Å². The van der Waals surface area contributed by atoms with E-state index in [4.69, 9.17) is 34.9 Å². The molecule has 1 amide bonds. The first-order valence-corrected chi connectivity index (χ1v) is 26.2. The lowest BCUT2D eigenvalue weighted by atomic mass is 10.0. The number of furan rings is 2. The number of fused-ring (bicyclic) bond motifs is 6. The van der Waals surface area contributed by atoms with E-state index in [2.05, 4.69) is 25.3 Å². The lowest BCUT2D eigenvalue weighted by molar-refractivity contribution is -0.137. The SMILES string of the molecule is C.C1OC2CNC1C2.Cl.Nc1ccc(/C=C/C(=O)CCc2cc3cc(-c4ccc(C(=O)N5CC6CC5CO6)cn4)cc(C(F)(F)F)c3o2)cn1.Nc1ccc(/C=C/C(=O)CCc2cc3cc(-c4ccc(C(=O)O)cn4)cc(C(F)(F)F)c3o2)cn1. The Morgan fingerprint density at radius 3 is 1.49 bits per heavy atom. The van der Waals surface area contributed by atoms with Gasteiger partial charge in [0.1, 0.15) is 34.3 Å². The van der Waals surface area contributed by atoms with Crippen LogP contribution in [0.3, 0.4) is 0 Å². The van der Waals surface area contributed by atoms with Crippen LogP contribution < -0.4 is 16.8 Å². The Morgan fingerprint density at radius 1 is 0.635 bits per heavy atom. The number of carboxylic acid groups (broad SMARTS) is 1. The third kappa shape index (κ3) is 15.3. The number of allylic oxidation sites excluding steroid dienone is 2. The number of amides is 1. The Hall–Kier alpha value is -8.77. The number of aromatic nitrogens is 4. The van der Waals surface area contributed by atoms with Gasteiger partial charge >= 0.3 is 18.3 Å². The van der Waals surface area contributed by atoms with Crippen molar-refractivity contribution in [2.24, 2.45) is 0 Å². The van der Waals surface area contributed by atoms with Gasteiger partial charge in [0.25, 0.3) is 5.91 Å². The quantitative estimate of drug-likeness (QED) is 0.0583. The fraction of sp³-hybridized carbons (Fsp3) is 0.279. The van der Waals surface area contributed by atoms with E-state index in [0.717, 1.165) is 37.9 Å². The Balaban J connectivity index is 0.000000195. The average Bonchev–Trinajstić information content (AvgIpc) is 3.76. The summed E-state index contributed by atoms with van der Waals surface area (Å²) in [5.74, 6) is -0.599. The number of alkyl halides is 6. The van der Waals surface area contributed by atoms with E-state index in [0.29, 0.717) is 59.3 Å². The van der Waals surface area contributed by atoms with Gasteiger partial charge in [-0.15, -0.1) is 12.4 Å². The molecule has 4 saturated heterocycles. The van der Waals surface area contributed by atoms with Crippen molar-refractivity contribution in [3.05, 3.63) is 167 Å². The number of nitrogens with zero attached hydrogens (tertiary/aromatic N) is 5. The van der Waals surface area contributed by atoms with Gasteiger partial charge in [-0.05, 0) is 133 Å². The van der Waals surface area contributed by atoms with Crippen LogP contribution in [0.5, 0.6) is 0 Å². The zero-order chi connectivity index (χ0) is 58.6. The number of halogens is 7. The van der Waals surface area contributed by atoms with Crippen molar-refractivity contribution in [2.75, 3.05) is 37.8 Å². The summed E-state index contributed by atoms with van der Waals surface area (Å²) in [7, 11) is 0. The molecular formula is C61H57ClF6N8O9. The number of benzene rings is 2. The van der Waals surface area contributed by atoms with Gasteiger partial charge in [-0.3, -0.25) is 24.4 Å². The largest absolute Gasteiger partial charge is 0.478 e. The normalized spacial score (nSPS) is 17.8. The van der Waals surface area contributed by atoms with Gasteiger partial charge in [0.2, 0.25) is 0 Å². The van der Waals surface area contributed by atoms with Crippen LogP contribution in [0.15, 0.2) is 131 Å². The topological polar surface area (TPSA) is 252 Å². The van der Waals surface area contributed by atoms with Gasteiger partial charge in [-0.25, -0.2) is 14.8 Å². The number of aryl methyl sites for hydroxylation is 2. The second-order valence-corrected chi connectivity index (χ2v) is 20.2. The average molecular weight is 1200 g/mol. The molecule has 10 heterocycles. The number of carbonyl (C=O) groups is 4. The lowest BCUT2D eigenvalue weighted by Crippen LogP contribution is -2.41. The number of carbonyl (C=O) groups excluding carboxylic acids is 3. The van der Waals surface area contributed by atoms with Crippen molar-refractivity contribution < 1.29 is 68.9 Å². The molecule has 444 valence electrons. The third-order valence-electron chi connectivity index (χ3n) is 14.2. The molecule has 6 aromatic heterocycles. The summed E-state index contributed by atoms with van der Waals surface area (Å²) < 4.78 is 105. The summed E-state index contributed by atoms with van der Waals surface area (Å²) in [5.41, 5.74) is 11.0. The highest BCUT2D eigenvalue weighted by atomic mass is 35.5. The van der Waals surface area contributed by atoms with E-state index in [1.165, 1.54) is 67.5 Å². The van der Waals surface area contributed by atoms with Gasteiger partial charge in [-0.2, -0.15) is 26.3 Å². The summed E-state index contributed by atoms with van der Waals surface area (Å²) in [6, 6.07) is 21.0. The highest BCUT2D eigenvalue weighted by Gasteiger charge is 2.42. The number of nitrogens with one attached hydrogen (secondary N) is 1. The predicted molar refractivity (Wildman–Crippen MR) is 307 cm³/mol. The Bertz CT molecular complexity index is 3740. The Labute approximate surface area is 488 Å². The summed E-state index contributed by atoms with van der Waals surface area (Å²) in [4.78, 5) is 66.4. The fourth-order valence-corrected chi connectivity index (χ4v) is 9.93. The number of hydrogen-bond acceptors (Lipinski definition) is 15. The number of rotatable bonds is 14. The van der Waals surface area contributed by atoms with Gasteiger partial charge in [0, 0.05) is 91.5 Å². The van der Waals surface area contributed by atoms with Crippen molar-refractivity contribution in [3.63, 3.8) is 0 Å². The number of carboxylic acids is 1. The standard InChI is InChI=1S/C30H25F3N4O4.C25H18F3N3O4.C5H9NO.CH4.ClH/c31-30(32,33)25-11-19(26-7-3-18(14-35-26)29(39)37-15-24-12-21(37)16-40-24)9-20-10-23(41-28(20)25)6-5-22(38)4-1-17-2-8-27(34)36-13-17;26-25(27,28)20-11-16(21-7-3-15(13-30-21)24(33)34)9-17-10-19(35-23(17)20)6-5-18(32)4-1-14-2-8-22(29)31-12-14;1-4-3-7-5(1)2-6-4;;/h1-4,7-11,13-14,21,24H,5-6,12,15-16H2,(H2,34,36);1-4,7-13H,5-6H2,(H2,29,31)(H,33,34);4-6H,1-3H2;1H4;1H/b2*4-1+;;;. The molecule has 4 bridgehead atoms. The number of nitrogen functional groups attached to an aromatic ring is 2. The number of ketones is 2. The van der Waals surface area contributed by atoms with E-state index in [-0.39, 0.29) is 131 Å². The van der Waals surface area contributed by atoms with Crippen LogP contribution in [0, 0.1) is 0 Å². The smallest absolute Gasteiger partial charge is 0.420 e. The van der Waals surface area contributed by atoms with Gasteiger partial charge in [0.15, 0.2) is 11.6 Å². The summed E-state index contributed by atoms with van der Waals surface area (Å²) in [6.45, 7) is 3.08. The number of morpholine rings is 2. The number of nitrogens with two attached hydrogens (primary N) is 2. The number of hydrogen-bond donors (Lipinski definition) is 4. The molecule has 0 radical (unpaired) electrons. The van der Waals surface area contributed by atoms with Crippen LogP contribution in [0.4, 0.5) is 38.0 Å². The van der Waals surface area contributed by atoms with Crippen LogP contribution in [0.25, 0.3) is 56.6 Å². The molecule has 6 N–H and O–H groups in total. The minimum absolute atomic E-state index is 0. The van der Waals surface area contributed by atoms with Crippen molar-refractivity contribution in [3.8, 4) is 22.5 Å². The van der Waals surface area contributed by atoms with Crippen LogP contribution in [-0.4, -0.2) is 104 Å². The van der Waals surface area contributed by atoms with Crippen molar-refractivity contribution in [2.45, 2.75) is 82.6 Å². The molecule has 4 atom stereocenters. The second kappa shape index (κ2) is 26.4. The molecule has 17 nitrogen and oxygen atoms in total. The number of anilines is 2. The molecule has 85 heavy (non-hydrogen) atoms. The second-order valence-electron chi connectivity index (χ2n) is 20.2. The van der Waals surface area contributed by atoms with E-state index >= 15 is 0 Å². The minimum Gasteiger partial charge on any atom is -0.478 e. The first-order valence-electron chi connectivity index (χ1n) is 26.2. The van der Waals surface area contributed by atoms with Crippen molar-refractivity contribution in [1.29, 1.82) is 0 Å². The van der Waals surface area contributed by atoms with E-state index in [1.807, 2.05) is 0 Å². The van der Waals surface area contributed by atoms with Crippen LogP contribution in [0.2, 0.25) is 0 Å². The molecule has 4 fully saturated rings. The molecule has 4 unspecified atom stereocenters. The fourth-order valence-electron chi connectivity index (χ4n) is 9.93. The Kier molecular flexibility index (Phi) is 19.4. The highest BCUT2D eigenvalue weighted by Crippen LogP contribution is 2.41. The monoisotopic (exact) mass is 1190 g/mol. The van der Waals surface area contributed by atoms with E-state index in [1.54, 1.807) is 59.5 Å². The molecule has 4 aliphatic heterocycles. The Morgan fingerprint density at radius 2 is 1.14 bits per heavy atom. The molecular weight excluding hydrogens is 1140 g/mol. The predicted octanol–water partition coefficient (Wildman–Crippen LogP) is 11.5. The molecule has 0 saturated carbocycles. The number of pyridine rings is 4. The summed E-state index contributed by atoms with van der Waals surface area (Å²) in [6.07, 6.45) is 5.06. The van der Waals surface area contributed by atoms with Crippen molar-refractivity contribution in [1.82, 2.24) is 30.2 Å². The van der Waals surface area contributed by atoms with Crippen LogP contribution in [-0.2, 0) is 44.3 Å².